The topological polar surface area (TPSA) is 59.0 Å². The highest BCUT2D eigenvalue weighted by atomic mass is 19.1. The van der Waals surface area contributed by atoms with Crippen LogP contribution in [-0.2, 0) is 24.4 Å². The molecule has 31 heavy (non-hydrogen) atoms. The van der Waals surface area contributed by atoms with Gasteiger partial charge in [-0.15, -0.1) is 0 Å². The molecule has 0 fully saturated rings. The van der Waals surface area contributed by atoms with Gasteiger partial charge >= 0.3 is 5.97 Å². The van der Waals surface area contributed by atoms with E-state index in [2.05, 4.69) is 0 Å². The van der Waals surface area contributed by atoms with Crippen LogP contribution < -0.4 is 9.47 Å². The fourth-order valence-corrected chi connectivity index (χ4v) is 3.31. The van der Waals surface area contributed by atoms with Crippen LogP contribution in [0.3, 0.4) is 0 Å². The van der Waals surface area contributed by atoms with E-state index in [9.17, 15) is 14.3 Å². The minimum absolute atomic E-state index is 0.0269. The standard InChI is InChI=1S/C25H26FNO4/c1-30-24-15-19(10-11-23(24)31-18-21-8-5-9-22(26)14-21)12-13-27(17-25(28)29)16-20-6-3-2-4-7-20/h2-11,14-15H,12-13,16-18H2,1H3,(H,28,29). The van der Waals surface area contributed by atoms with Crippen LogP contribution in [0.5, 0.6) is 11.5 Å². The molecule has 0 amide bonds. The summed E-state index contributed by atoms with van der Waals surface area (Å²) in [6.07, 6.45) is 0.667. The SMILES string of the molecule is COc1cc(CCN(CC(=O)O)Cc2ccccc2)ccc1OCc1cccc(F)c1. The summed E-state index contributed by atoms with van der Waals surface area (Å²) in [6, 6.07) is 21.7. The van der Waals surface area contributed by atoms with Crippen molar-refractivity contribution in [1.82, 2.24) is 4.90 Å². The molecular weight excluding hydrogens is 397 g/mol. The van der Waals surface area contributed by atoms with Gasteiger partial charge < -0.3 is 14.6 Å². The zero-order valence-electron chi connectivity index (χ0n) is 17.5. The highest BCUT2D eigenvalue weighted by molar-refractivity contribution is 5.69. The first-order valence-corrected chi connectivity index (χ1v) is 10.1. The second-order valence-electron chi connectivity index (χ2n) is 7.24. The van der Waals surface area contributed by atoms with Gasteiger partial charge in [-0.2, -0.15) is 0 Å². The van der Waals surface area contributed by atoms with E-state index in [1.807, 2.05) is 53.4 Å². The Labute approximate surface area is 181 Å². The molecule has 0 heterocycles. The van der Waals surface area contributed by atoms with Crippen molar-refractivity contribution in [2.75, 3.05) is 20.2 Å². The third-order valence-electron chi connectivity index (χ3n) is 4.84. The lowest BCUT2D eigenvalue weighted by Gasteiger charge is -2.21. The van der Waals surface area contributed by atoms with E-state index in [4.69, 9.17) is 9.47 Å². The van der Waals surface area contributed by atoms with Crippen LogP contribution >= 0.6 is 0 Å². The molecule has 0 aliphatic carbocycles. The molecule has 6 heteroatoms. The number of hydrogen-bond donors (Lipinski definition) is 1. The van der Waals surface area contributed by atoms with Crippen LogP contribution in [0.4, 0.5) is 4.39 Å². The molecule has 1 N–H and O–H groups in total. The maximum Gasteiger partial charge on any atom is 0.317 e. The Morgan fingerprint density at radius 2 is 1.71 bits per heavy atom. The number of nitrogens with zero attached hydrogens (tertiary/aromatic N) is 1. The minimum Gasteiger partial charge on any atom is -0.493 e. The molecule has 5 nitrogen and oxygen atoms in total. The molecule has 0 bridgehead atoms. The van der Waals surface area contributed by atoms with Crippen molar-refractivity contribution in [3.05, 3.63) is 95.3 Å². The van der Waals surface area contributed by atoms with Crippen molar-refractivity contribution in [2.45, 2.75) is 19.6 Å². The molecule has 0 saturated carbocycles. The number of carbonyl (C=O) groups is 1. The van der Waals surface area contributed by atoms with E-state index in [-0.39, 0.29) is 19.0 Å². The van der Waals surface area contributed by atoms with Crippen molar-refractivity contribution in [3.63, 3.8) is 0 Å². The lowest BCUT2D eigenvalue weighted by Crippen LogP contribution is -2.31. The molecule has 3 rings (SSSR count). The first-order chi connectivity index (χ1) is 15.0. The van der Waals surface area contributed by atoms with E-state index in [1.165, 1.54) is 12.1 Å². The number of carboxylic acid groups (broad SMARTS) is 1. The Morgan fingerprint density at radius 1 is 0.935 bits per heavy atom. The van der Waals surface area contributed by atoms with E-state index >= 15 is 0 Å². The van der Waals surface area contributed by atoms with Gasteiger partial charge in [0.05, 0.1) is 13.7 Å². The largest absolute Gasteiger partial charge is 0.493 e. The summed E-state index contributed by atoms with van der Waals surface area (Å²) >= 11 is 0. The number of carboxylic acids is 1. The molecule has 162 valence electrons. The van der Waals surface area contributed by atoms with Crippen molar-refractivity contribution < 1.29 is 23.8 Å². The predicted octanol–water partition coefficient (Wildman–Crippen LogP) is 4.54. The molecule has 3 aromatic carbocycles. The zero-order valence-corrected chi connectivity index (χ0v) is 17.5. The molecule has 0 atom stereocenters. The number of aliphatic carboxylic acids is 1. The van der Waals surface area contributed by atoms with Crippen molar-refractivity contribution >= 4 is 5.97 Å². The van der Waals surface area contributed by atoms with Crippen LogP contribution in [0.15, 0.2) is 72.8 Å². The second-order valence-corrected chi connectivity index (χ2v) is 7.24. The average molecular weight is 423 g/mol. The van der Waals surface area contributed by atoms with Gasteiger partial charge in [0, 0.05) is 13.1 Å². The number of hydrogen-bond acceptors (Lipinski definition) is 4. The molecular formula is C25H26FNO4. The summed E-state index contributed by atoms with van der Waals surface area (Å²) in [7, 11) is 1.57. The smallest absolute Gasteiger partial charge is 0.317 e. The zero-order chi connectivity index (χ0) is 22.1. The fourth-order valence-electron chi connectivity index (χ4n) is 3.31. The number of halogens is 1. The molecule has 0 aliphatic heterocycles. The Balaban J connectivity index is 1.62. The van der Waals surface area contributed by atoms with Gasteiger partial charge in [-0.3, -0.25) is 9.69 Å². The highest BCUT2D eigenvalue weighted by Gasteiger charge is 2.12. The number of rotatable bonds is 11. The molecule has 0 aliphatic rings. The molecule has 0 aromatic heterocycles. The van der Waals surface area contributed by atoms with Crippen LogP contribution in [0.2, 0.25) is 0 Å². The summed E-state index contributed by atoms with van der Waals surface area (Å²) in [5.74, 6) is 0.00312. The quantitative estimate of drug-likeness (QED) is 0.491. The summed E-state index contributed by atoms with van der Waals surface area (Å²) in [5, 5.41) is 9.25. The highest BCUT2D eigenvalue weighted by Crippen LogP contribution is 2.29. The Hall–Kier alpha value is -3.38. The number of methoxy groups -OCH3 is 1. The summed E-state index contributed by atoms with van der Waals surface area (Å²) in [6.45, 7) is 1.37. The lowest BCUT2D eigenvalue weighted by molar-refractivity contribution is -0.138. The van der Waals surface area contributed by atoms with Crippen molar-refractivity contribution in [3.8, 4) is 11.5 Å². The molecule has 3 aromatic rings. The van der Waals surface area contributed by atoms with Gasteiger partial charge in [0.2, 0.25) is 0 Å². The van der Waals surface area contributed by atoms with E-state index in [0.717, 1.165) is 16.7 Å². The molecule has 0 unspecified atom stereocenters. The second kappa shape index (κ2) is 11.1. The molecule has 0 spiro atoms. The van der Waals surface area contributed by atoms with Gasteiger partial charge in [0.25, 0.3) is 0 Å². The average Bonchev–Trinajstić information content (AvgIpc) is 2.76. The maximum absolute atomic E-state index is 13.3. The molecule has 0 saturated heterocycles. The number of benzene rings is 3. The first-order valence-electron chi connectivity index (χ1n) is 10.1. The van der Waals surface area contributed by atoms with Crippen molar-refractivity contribution in [1.29, 1.82) is 0 Å². The number of ether oxygens (including phenoxy) is 2. The van der Waals surface area contributed by atoms with Gasteiger partial charge in [0.15, 0.2) is 11.5 Å². The van der Waals surface area contributed by atoms with E-state index in [0.29, 0.717) is 31.0 Å². The van der Waals surface area contributed by atoms with Crippen LogP contribution in [0.25, 0.3) is 0 Å². The molecule has 0 radical (unpaired) electrons. The fraction of sp³-hybridized carbons (Fsp3) is 0.240. The summed E-state index contributed by atoms with van der Waals surface area (Å²) in [4.78, 5) is 13.2. The lowest BCUT2D eigenvalue weighted by atomic mass is 10.1. The predicted molar refractivity (Wildman–Crippen MR) is 117 cm³/mol. The van der Waals surface area contributed by atoms with E-state index < -0.39 is 5.97 Å². The third-order valence-corrected chi connectivity index (χ3v) is 4.84. The minimum atomic E-state index is -0.852. The van der Waals surface area contributed by atoms with Crippen LogP contribution in [0, 0.1) is 5.82 Å². The van der Waals surface area contributed by atoms with E-state index in [1.54, 1.807) is 19.2 Å². The van der Waals surface area contributed by atoms with Crippen LogP contribution in [-0.4, -0.2) is 36.2 Å². The van der Waals surface area contributed by atoms with Gasteiger partial charge in [0.1, 0.15) is 12.4 Å². The maximum atomic E-state index is 13.3. The summed E-state index contributed by atoms with van der Waals surface area (Å²) in [5.41, 5.74) is 2.82. The Kier molecular flexibility index (Phi) is 8.01. The Morgan fingerprint density at radius 3 is 2.42 bits per heavy atom. The Bertz CT molecular complexity index is 994. The first kappa shape index (κ1) is 22.3. The van der Waals surface area contributed by atoms with Gasteiger partial charge in [-0.25, -0.2) is 4.39 Å². The van der Waals surface area contributed by atoms with Gasteiger partial charge in [-0.1, -0.05) is 48.5 Å². The normalized spacial score (nSPS) is 10.8. The monoisotopic (exact) mass is 423 g/mol. The third kappa shape index (κ3) is 7.12. The summed E-state index contributed by atoms with van der Waals surface area (Å²) < 4.78 is 24.6. The van der Waals surface area contributed by atoms with Crippen molar-refractivity contribution in [2.24, 2.45) is 0 Å². The van der Waals surface area contributed by atoms with Crippen LogP contribution in [0.1, 0.15) is 16.7 Å². The van der Waals surface area contributed by atoms with Gasteiger partial charge in [-0.05, 0) is 47.4 Å².